The third-order valence-electron chi connectivity index (χ3n) is 2.03. The van der Waals surface area contributed by atoms with Crippen LogP contribution in [0.2, 0.25) is 0 Å². The molecule has 18 heavy (non-hydrogen) atoms. The summed E-state index contributed by atoms with van der Waals surface area (Å²) in [5.41, 5.74) is 0.0175. The molecule has 0 spiro atoms. The number of alkyl halides is 3. The predicted octanol–water partition coefficient (Wildman–Crippen LogP) is 1.14. The molecule has 0 bridgehead atoms. The SMILES string of the molecule is Cc1cc(S(N)(=O)=O)ccc1NC(=O)C(F)(F)F. The van der Waals surface area contributed by atoms with Gasteiger partial charge in [-0.1, -0.05) is 0 Å². The Labute approximate surface area is 101 Å². The summed E-state index contributed by atoms with van der Waals surface area (Å²) in [6.45, 7) is 1.35. The number of carbonyl (C=O) groups is 1. The van der Waals surface area contributed by atoms with E-state index in [-0.39, 0.29) is 16.1 Å². The molecule has 0 heterocycles. The third kappa shape index (κ3) is 3.44. The van der Waals surface area contributed by atoms with Crippen molar-refractivity contribution in [3.8, 4) is 0 Å². The summed E-state index contributed by atoms with van der Waals surface area (Å²) in [5, 5.41) is 6.48. The first-order chi connectivity index (χ1) is 8.01. The molecule has 3 N–H and O–H groups in total. The summed E-state index contributed by atoms with van der Waals surface area (Å²) in [7, 11) is -3.93. The topological polar surface area (TPSA) is 89.3 Å². The largest absolute Gasteiger partial charge is 0.471 e. The fraction of sp³-hybridized carbons (Fsp3) is 0.222. The molecular weight excluding hydrogens is 273 g/mol. The molecule has 0 radical (unpaired) electrons. The number of benzene rings is 1. The van der Waals surface area contributed by atoms with Crippen molar-refractivity contribution in [3.05, 3.63) is 23.8 Å². The van der Waals surface area contributed by atoms with Crippen molar-refractivity contribution in [3.63, 3.8) is 0 Å². The molecule has 1 rings (SSSR count). The van der Waals surface area contributed by atoms with Gasteiger partial charge in [0.05, 0.1) is 4.90 Å². The lowest BCUT2D eigenvalue weighted by Crippen LogP contribution is -2.30. The molecule has 0 aliphatic rings. The van der Waals surface area contributed by atoms with Crippen LogP contribution < -0.4 is 10.5 Å². The Balaban J connectivity index is 3.05. The molecule has 0 aliphatic heterocycles. The molecule has 0 unspecified atom stereocenters. The van der Waals surface area contributed by atoms with E-state index in [9.17, 15) is 26.4 Å². The van der Waals surface area contributed by atoms with Gasteiger partial charge in [0.2, 0.25) is 10.0 Å². The maximum absolute atomic E-state index is 12.0. The average Bonchev–Trinajstić information content (AvgIpc) is 2.17. The number of amides is 1. The Kier molecular flexibility index (Phi) is 3.67. The summed E-state index contributed by atoms with van der Waals surface area (Å²) >= 11 is 0. The van der Waals surface area contributed by atoms with Crippen LogP contribution in [0.3, 0.4) is 0 Å². The molecular formula is C9H9F3N2O3S. The van der Waals surface area contributed by atoms with Crippen LogP contribution in [0.25, 0.3) is 0 Å². The van der Waals surface area contributed by atoms with Crippen molar-refractivity contribution in [2.24, 2.45) is 5.14 Å². The summed E-state index contributed by atoms with van der Waals surface area (Å²) in [6.07, 6.45) is -5.01. The van der Waals surface area contributed by atoms with E-state index in [0.717, 1.165) is 18.2 Å². The highest BCUT2D eigenvalue weighted by molar-refractivity contribution is 7.89. The fourth-order valence-corrected chi connectivity index (χ4v) is 1.75. The number of sulfonamides is 1. The van der Waals surface area contributed by atoms with Gasteiger partial charge >= 0.3 is 12.1 Å². The van der Waals surface area contributed by atoms with E-state index >= 15 is 0 Å². The van der Waals surface area contributed by atoms with Crippen LogP contribution in [0, 0.1) is 6.92 Å². The number of anilines is 1. The van der Waals surface area contributed by atoms with Crippen molar-refractivity contribution in [1.82, 2.24) is 0 Å². The van der Waals surface area contributed by atoms with Crippen LogP contribution in [-0.4, -0.2) is 20.5 Å². The smallest absolute Gasteiger partial charge is 0.318 e. The average molecular weight is 282 g/mol. The highest BCUT2D eigenvalue weighted by Crippen LogP contribution is 2.22. The van der Waals surface area contributed by atoms with Gasteiger partial charge in [0.1, 0.15) is 0 Å². The number of hydrogen-bond donors (Lipinski definition) is 2. The first kappa shape index (κ1) is 14.5. The maximum Gasteiger partial charge on any atom is 0.471 e. The quantitative estimate of drug-likeness (QED) is 0.852. The highest BCUT2D eigenvalue weighted by atomic mass is 32.2. The molecule has 1 amide bonds. The van der Waals surface area contributed by atoms with Gasteiger partial charge in [-0.3, -0.25) is 4.79 Å². The lowest BCUT2D eigenvalue weighted by Gasteiger charge is -2.11. The molecule has 0 fully saturated rings. The molecule has 1 aromatic carbocycles. The van der Waals surface area contributed by atoms with E-state index < -0.39 is 22.1 Å². The predicted molar refractivity (Wildman–Crippen MR) is 57.2 cm³/mol. The van der Waals surface area contributed by atoms with E-state index in [4.69, 9.17) is 5.14 Å². The van der Waals surface area contributed by atoms with Gasteiger partial charge in [-0.2, -0.15) is 13.2 Å². The molecule has 100 valence electrons. The van der Waals surface area contributed by atoms with E-state index in [1.165, 1.54) is 6.92 Å². The maximum atomic E-state index is 12.0. The second kappa shape index (κ2) is 4.58. The number of halogens is 3. The monoisotopic (exact) mass is 282 g/mol. The molecule has 0 saturated heterocycles. The molecule has 9 heteroatoms. The molecule has 0 saturated carbocycles. The number of aryl methyl sites for hydroxylation is 1. The van der Waals surface area contributed by atoms with E-state index in [2.05, 4.69) is 0 Å². The van der Waals surface area contributed by atoms with Crippen molar-refractivity contribution >= 4 is 21.6 Å². The second-order valence-corrected chi connectivity index (χ2v) is 5.04. The molecule has 1 aromatic rings. The van der Waals surface area contributed by atoms with Crippen LogP contribution in [0.5, 0.6) is 0 Å². The van der Waals surface area contributed by atoms with Gasteiger partial charge in [-0.15, -0.1) is 0 Å². The summed E-state index contributed by atoms with van der Waals surface area (Å²) in [5.74, 6) is -2.13. The molecule has 5 nitrogen and oxygen atoms in total. The first-order valence-electron chi connectivity index (χ1n) is 4.53. The van der Waals surface area contributed by atoms with Gasteiger partial charge in [0.25, 0.3) is 0 Å². The third-order valence-corrected chi connectivity index (χ3v) is 2.94. The van der Waals surface area contributed by atoms with Crippen molar-refractivity contribution < 1.29 is 26.4 Å². The lowest BCUT2D eigenvalue weighted by atomic mass is 10.2. The minimum atomic E-state index is -5.01. The van der Waals surface area contributed by atoms with E-state index in [1.807, 2.05) is 0 Å². The number of nitrogens with one attached hydrogen (secondary N) is 1. The van der Waals surface area contributed by atoms with E-state index in [0.29, 0.717) is 0 Å². The van der Waals surface area contributed by atoms with Crippen LogP contribution in [0.4, 0.5) is 18.9 Å². The Morgan fingerprint density at radius 1 is 1.33 bits per heavy atom. The Morgan fingerprint density at radius 2 is 1.89 bits per heavy atom. The zero-order chi connectivity index (χ0) is 14.1. The summed E-state index contributed by atoms with van der Waals surface area (Å²) < 4.78 is 58.0. The first-order valence-corrected chi connectivity index (χ1v) is 6.08. The minimum Gasteiger partial charge on any atom is -0.318 e. The van der Waals surface area contributed by atoms with Crippen LogP contribution >= 0.6 is 0 Å². The second-order valence-electron chi connectivity index (χ2n) is 3.47. The van der Waals surface area contributed by atoms with Crippen molar-refractivity contribution in [1.29, 1.82) is 0 Å². The van der Waals surface area contributed by atoms with Crippen LogP contribution in [0.1, 0.15) is 5.56 Å². The summed E-state index contributed by atoms with van der Waals surface area (Å²) in [4.78, 5) is 10.4. The summed E-state index contributed by atoms with van der Waals surface area (Å²) in [6, 6.07) is 3.12. The standard InChI is InChI=1S/C9H9F3N2O3S/c1-5-4-6(18(13,16)17)2-3-7(5)14-8(15)9(10,11)12/h2-4H,1H3,(H,14,15)(H2,13,16,17). The zero-order valence-corrected chi connectivity index (χ0v) is 9.89. The van der Waals surface area contributed by atoms with Crippen LogP contribution in [0.15, 0.2) is 23.1 Å². The van der Waals surface area contributed by atoms with Crippen molar-refractivity contribution in [2.45, 2.75) is 18.0 Å². The van der Waals surface area contributed by atoms with E-state index in [1.54, 1.807) is 5.32 Å². The Morgan fingerprint density at radius 3 is 2.28 bits per heavy atom. The van der Waals surface area contributed by atoms with Gasteiger partial charge < -0.3 is 5.32 Å². The van der Waals surface area contributed by atoms with Gasteiger partial charge in [-0.25, -0.2) is 13.6 Å². The van der Waals surface area contributed by atoms with Crippen molar-refractivity contribution in [2.75, 3.05) is 5.32 Å². The number of primary sulfonamides is 1. The highest BCUT2D eigenvalue weighted by Gasteiger charge is 2.38. The molecule has 0 aromatic heterocycles. The minimum absolute atomic E-state index is 0.135. The number of hydrogen-bond acceptors (Lipinski definition) is 3. The molecule has 0 aliphatic carbocycles. The number of nitrogens with two attached hydrogens (primary N) is 1. The number of carbonyl (C=O) groups excluding carboxylic acids is 1. The van der Waals surface area contributed by atoms with Gasteiger partial charge in [-0.05, 0) is 30.7 Å². The lowest BCUT2D eigenvalue weighted by molar-refractivity contribution is -0.167. The zero-order valence-electron chi connectivity index (χ0n) is 9.08. The van der Waals surface area contributed by atoms with Crippen LogP contribution in [-0.2, 0) is 14.8 Å². The Hall–Kier alpha value is -1.61. The normalized spacial score (nSPS) is 12.3. The van der Waals surface area contributed by atoms with Gasteiger partial charge in [0.15, 0.2) is 0 Å². The Bertz CT molecular complexity index is 581. The fourth-order valence-electron chi connectivity index (χ4n) is 1.15. The van der Waals surface area contributed by atoms with Gasteiger partial charge in [0, 0.05) is 5.69 Å². The molecule has 0 atom stereocenters. The number of rotatable bonds is 2.